The average molecular weight is 211 g/mol. The highest BCUT2D eigenvalue weighted by atomic mass is 16.3. The van der Waals surface area contributed by atoms with Crippen LogP contribution in [0.1, 0.15) is 45.4 Å². The first-order valence-electron chi connectivity index (χ1n) is 5.85. The average Bonchev–Trinajstić information content (AvgIpc) is 2.27. The van der Waals surface area contributed by atoms with Crippen molar-refractivity contribution < 1.29 is 9.90 Å². The van der Waals surface area contributed by atoms with Crippen LogP contribution in [0.3, 0.4) is 0 Å². The van der Waals surface area contributed by atoms with Crippen LogP contribution in [0.15, 0.2) is 11.6 Å². The molecular formula is C12H21NO2. The smallest absolute Gasteiger partial charge is 0.224 e. The van der Waals surface area contributed by atoms with Crippen molar-refractivity contribution in [3.63, 3.8) is 0 Å². The number of aliphatic hydroxyl groups is 1. The van der Waals surface area contributed by atoms with Crippen LogP contribution in [-0.4, -0.2) is 23.7 Å². The Morgan fingerprint density at radius 1 is 1.60 bits per heavy atom. The van der Waals surface area contributed by atoms with Crippen LogP contribution in [0.25, 0.3) is 0 Å². The molecule has 2 N–H and O–H groups in total. The van der Waals surface area contributed by atoms with E-state index in [4.69, 9.17) is 0 Å². The second kappa shape index (κ2) is 6.62. The molecule has 1 atom stereocenters. The summed E-state index contributed by atoms with van der Waals surface area (Å²) >= 11 is 0. The molecule has 1 unspecified atom stereocenters. The topological polar surface area (TPSA) is 49.3 Å². The molecule has 0 saturated carbocycles. The van der Waals surface area contributed by atoms with E-state index >= 15 is 0 Å². The summed E-state index contributed by atoms with van der Waals surface area (Å²) in [6, 6.07) is 0. The van der Waals surface area contributed by atoms with Gasteiger partial charge in [-0.3, -0.25) is 4.79 Å². The van der Waals surface area contributed by atoms with Gasteiger partial charge in [0, 0.05) is 13.0 Å². The third-order valence-corrected chi connectivity index (χ3v) is 2.78. The maximum atomic E-state index is 11.5. The normalized spacial score (nSPS) is 18.1. The molecule has 0 aliphatic heterocycles. The summed E-state index contributed by atoms with van der Waals surface area (Å²) in [5.41, 5.74) is 1.25. The Hall–Kier alpha value is -0.830. The van der Waals surface area contributed by atoms with Gasteiger partial charge in [-0.1, -0.05) is 18.6 Å². The quantitative estimate of drug-likeness (QED) is 0.681. The van der Waals surface area contributed by atoms with E-state index in [-0.39, 0.29) is 5.91 Å². The number of carbonyl (C=O) groups excluding carboxylic acids is 1. The third-order valence-electron chi connectivity index (χ3n) is 2.78. The van der Waals surface area contributed by atoms with Gasteiger partial charge in [0.2, 0.25) is 5.91 Å². The number of hydrogen-bond acceptors (Lipinski definition) is 2. The minimum atomic E-state index is -0.408. The predicted molar refractivity (Wildman–Crippen MR) is 60.5 cm³/mol. The van der Waals surface area contributed by atoms with E-state index < -0.39 is 6.10 Å². The minimum absolute atomic E-state index is 0.0376. The van der Waals surface area contributed by atoms with Gasteiger partial charge < -0.3 is 10.4 Å². The van der Waals surface area contributed by atoms with Crippen LogP contribution in [0, 0.1) is 0 Å². The monoisotopic (exact) mass is 211 g/mol. The fourth-order valence-corrected chi connectivity index (χ4v) is 1.71. The Kier molecular flexibility index (Phi) is 5.40. The lowest BCUT2D eigenvalue weighted by Gasteiger charge is -2.13. The van der Waals surface area contributed by atoms with E-state index in [1.165, 1.54) is 18.4 Å². The summed E-state index contributed by atoms with van der Waals surface area (Å²) in [6.07, 6.45) is 7.59. The molecule has 86 valence electrons. The van der Waals surface area contributed by atoms with Crippen LogP contribution in [0.2, 0.25) is 0 Å². The molecule has 0 aromatic heterocycles. The van der Waals surface area contributed by atoms with Crippen molar-refractivity contribution in [1.82, 2.24) is 5.32 Å². The van der Waals surface area contributed by atoms with E-state index in [0.717, 1.165) is 12.8 Å². The molecular weight excluding hydrogens is 190 g/mol. The number of carbonyl (C=O) groups is 1. The second-order valence-corrected chi connectivity index (χ2v) is 4.15. The van der Waals surface area contributed by atoms with Gasteiger partial charge in [-0.25, -0.2) is 0 Å². The van der Waals surface area contributed by atoms with Crippen LogP contribution >= 0.6 is 0 Å². The standard InChI is InChI=1S/C12H21NO2/c1-2-11(14)9-13-12(15)8-10-6-4-3-5-7-10/h6,11,14H,2-5,7-9H2,1H3,(H,13,15). The largest absolute Gasteiger partial charge is 0.391 e. The first-order valence-corrected chi connectivity index (χ1v) is 5.85. The van der Waals surface area contributed by atoms with Crippen molar-refractivity contribution in [1.29, 1.82) is 0 Å². The zero-order valence-corrected chi connectivity index (χ0v) is 9.46. The summed E-state index contributed by atoms with van der Waals surface area (Å²) in [4.78, 5) is 11.5. The van der Waals surface area contributed by atoms with Gasteiger partial charge in [-0.05, 0) is 32.1 Å². The molecule has 0 spiro atoms. The van der Waals surface area contributed by atoms with Crippen molar-refractivity contribution in [2.75, 3.05) is 6.54 Å². The molecule has 1 aliphatic rings. The zero-order valence-electron chi connectivity index (χ0n) is 9.46. The minimum Gasteiger partial charge on any atom is -0.391 e. The number of amides is 1. The third kappa shape index (κ3) is 4.98. The highest BCUT2D eigenvalue weighted by molar-refractivity contribution is 5.78. The molecule has 0 heterocycles. The van der Waals surface area contributed by atoms with Gasteiger partial charge in [0.25, 0.3) is 0 Å². The lowest BCUT2D eigenvalue weighted by atomic mass is 9.97. The van der Waals surface area contributed by atoms with Crippen molar-refractivity contribution in [3.05, 3.63) is 11.6 Å². The SMILES string of the molecule is CCC(O)CNC(=O)CC1=CCCCC1. The fraction of sp³-hybridized carbons (Fsp3) is 0.750. The van der Waals surface area contributed by atoms with Gasteiger partial charge in [0.05, 0.1) is 6.10 Å². The summed E-state index contributed by atoms with van der Waals surface area (Å²) in [5, 5.41) is 12.0. The van der Waals surface area contributed by atoms with Crippen molar-refractivity contribution >= 4 is 5.91 Å². The number of nitrogens with one attached hydrogen (secondary N) is 1. The Morgan fingerprint density at radius 3 is 3.00 bits per heavy atom. The van der Waals surface area contributed by atoms with Gasteiger partial charge in [-0.15, -0.1) is 0 Å². The molecule has 0 aromatic carbocycles. The molecule has 3 heteroatoms. The lowest BCUT2D eigenvalue weighted by molar-refractivity contribution is -0.120. The number of rotatable bonds is 5. The van der Waals surface area contributed by atoms with Crippen LogP contribution in [-0.2, 0) is 4.79 Å². The fourth-order valence-electron chi connectivity index (χ4n) is 1.71. The maximum absolute atomic E-state index is 11.5. The first-order chi connectivity index (χ1) is 7.22. The predicted octanol–water partition coefficient (Wildman–Crippen LogP) is 1.76. The molecule has 0 radical (unpaired) electrons. The maximum Gasteiger partial charge on any atom is 0.224 e. The lowest BCUT2D eigenvalue weighted by Crippen LogP contribution is -2.31. The Morgan fingerprint density at radius 2 is 2.40 bits per heavy atom. The molecule has 0 fully saturated rings. The van der Waals surface area contributed by atoms with E-state index in [2.05, 4.69) is 11.4 Å². The number of allylic oxidation sites excluding steroid dienone is 1. The Balaban J connectivity index is 2.20. The molecule has 3 nitrogen and oxygen atoms in total. The van der Waals surface area contributed by atoms with Crippen molar-refractivity contribution in [2.45, 2.75) is 51.6 Å². The van der Waals surface area contributed by atoms with Crippen molar-refractivity contribution in [3.8, 4) is 0 Å². The van der Waals surface area contributed by atoms with Crippen LogP contribution < -0.4 is 5.32 Å². The summed E-state index contributed by atoms with van der Waals surface area (Å²) in [7, 11) is 0. The van der Waals surface area contributed by atoms with Crippen LogP contribution in [0.4, 0.5) is 0 Å². The second-order valence-electron chi connectivity index (χ2n) is 4.15. The molecule has 15 heavy (non-hydrogen) atoms. The van der Waals surface area contributed by atoms with E-state index in [1.54, 1.807) is 0 Å². The molecule has 0 saturated heterocycles. The van der Waals surface area contributed by atoms with E-state index in [0.29, 0.717) is 19.4 Å². The van der Waals surface area contributed by atoms with Crippen LogP contribution in [0.5, 0.6) is 0 Å². The Bertz CT molecular complexity index is 236. The number of aliphatic hydroxyl groups excluding tert-OH is 1. The van der Waals surface area contributed by atoms with E-state index in [9.17, 15) is 9.90 Å². The molecule has 1 amide bonds. The molecule has 0 bridgehead atoms. The molecule has 1 aliphatic carbocycles. The van der Waals surface area contributed by atoms with Gasteiger partial charge in [0.1, 0.15) is 0 Å². The Labute approximate surface area is 91.6 Å². The first kappa shape index (κ1) is 12.2. The summed E-state index contributed by atoms with van der Waals surface area (Å²) in [5.74, 6) is 0.0376. The van der Waals surface area contributed by atoms with Gasteiger partial charge >= 0.3 is 0 Å². The number of hydrogen-bond donors (Lipinski definition) is 2. The molecule has 0 aromatic rings. The molecule has 1 rings (SSSR count). The summed E-state index contributed by atoms with van der Waals surface area (Å²) in [6.45, 7) is 2.28. The van der Waals surface area contributed by atoms with Gasteiger partial charge in [0.15, 0.2) is 0 Å². The van der Waals surface area contributed by atoms with E-state index in [1.807, 2.05) is 6.92 Å². The highest BCUT2D eigenvalue weighted by Crippen LogP contribution is 2.19. The summed E-state index contributed by atoms with van der Waals surface area (Å²) < 4.78 is 0. The zero-order chi connectivity index (χ0) is 11.1. The van der Waals surface area contributed by atoms with Gasteiger partial charge in [-0.2, -0.15) is 0 Å². The highest BCUT2D eigenvalue weighted by Gasteiger charge is 2.09. The van der Waals surface area contributed by atoms with Crippen molar-refractivity contribution in [2.24, 2.45) is 0 Å².